The van der Waals surface area contributed by atoms with E-state index < -0.39 is 0 Å². The van der Waals surface area contributed by atoms with Gasteiger partial charge < -0.3 is 0 Å². The van der Waals surface area contributed by atoms with Crippen LogP contribution in [0.15, 0.2) is 42.6 Å². The first kappa shape index (κ1) is 19.1. The number of benzene rings is 1. The molecule has 0 spiro atoms. The fourth-order valence-corrected chi connectivity index (χ4v) is 4.37. The lowest BCUT2D eigenvalue weighted by Crippen LogP contribution is -2.15. The molecule has 2 aromatic rings. The standard InChI is InChI=1S/C25H35N/c1-3-5-7-21-12-15-24(16-13-21)25-17-14-23(19-26-25)11-10-22-9-6-8-20(4-2)18-22/h12-17,19-20,22H,3-11,18H2,1-2H3. The molecule has 1 aliphatic rings. The van der Waals surface area contributed by atoms with Crippen LogP contribution in [0, 0.1) is 11.8 Å². The van der Waals surface area contributed by atoms with Gasteiger partial charge in [0, 0.05) is 11.8 Å². The maximum Gasteiger partial charge on any atom is 0.0702 e. The van der Waals surface area contributed by atoms with Gasteiger partial charge >= 0.3 is 0 Å². The van der Waals surface area contributed by atoms with E-state index in [1.165, 1.54) is 80.9 Å². The van der Waals surface area contributed by atoms with E-state index in [0.717, 1.165) is 17.5 Å². The second-order valence-electron chi connectivity index (χ2n) is 8.20. The van der Waals surface area contributed by atoms with Crippen LogP contribution < -0.4 is 0 Å². The van der Waals surface area contributed by atoms with Crippen LogP contribution in [0.3, 0.4) is 0 Å². The van der Waals surface area contributed by atoms with Crippen molar-refractivity contribution in [3.8, 4) is 11.3 Å². The molecule has 1 aromatic heterocycles. The van der Waals surface area contributed by atoms with Crippen molar-refractivity contribution in [3.63, 3.8) is 0 Å². The maximum atomic E-state index is 4.74. The van der Waals surface area contributed by atoms with Gasteiger partial charge in [0.15, 0.2) is 0 Å². The fourth-order valence-electron chi connectivity index (χ4n) is 4.37. The molecule has 26 heavy (non-hydrogen) atoms. The first-order chi connectivity index (χ1) is 12.8. The Morgan fingerprint density at radius 3 is 2.35 bits per heavy atom. The molecule has 1 aromatic carbocycles. The normalized spacial score (nSPS) is 20.2. The molecule has 2 atom stereocenters. The number of hydrogen-bond acceptors (Lipinski definition) is 1. The SMILES string of the molecule is CCCCc1ccc(-c2ccc(CCC3CCCC(CC)C3)cn2)cc1. The van der Waals surface area contributed by atoms with Gasteiger partial charge in [-0.25, -0.2) is 0 Å². The molecule has 1 heterocycles. The zero-order valence-electron chi connectivity index (χ0n) is 16.7. The van der Waals surface area contributed by atoms with Crippen molar-refractivity contribution in [1.82, 2.24) is 4.98 Å². The molecule has 1 nitrogen and oxygen atoms in total. The van der Waals surface area contributed by atoms with Crippen LogP contribution in [0.2, 0.25) is 0 Å². The number of pyridine rings is 1. The third-order valence-electron chi connectivity index (χ3n) is 6.20. The van der Waals surface area contributed by atoms with E-state index in [-0.39, 0.29) is 0 Å². The number of aryl methyl sites for hydroxylation is 2. The van der Waals surface area contributed by atoms with Crippen LogP contribution in [-0.2, 0) is 12.8 Å². The van der Waals surface area contributed by atoms with E-state index in [2.05, 4.69) is 56.4 Å². The lowest BCUT2D eigenvalue weighted by Gasteiger charge is -2.28. The summed E-state index contributed by atoms with van der Waals surface area (Å²) in [6.45, 7) is 4.60. The van der Waals surface area contributed by atoms with E-state index in [0.29, 0.717) is 0 Å². The second-order valence-corrected chi connectivity index (χ2v) is 8.20. The first-order valence-electron chi connectivity index (χ1n) is 10.8. The number of hydrogen-bond donors (Lipinski definition) is 0. The molecular weight excluding hydrogens is 314 g/mol. The van der Waals surface area contributed by atoms with Crippen LogP contribution in [0.25, 0.3) is 11.3 Å². The monoisotopic (exact) mass is 349 g/mol. The smallest absolute Gasteiger partial charge is 0.0702 e. The molecule has 0 radical (unpaired) electrons. The Bertz CT molecular complexity index is 641. The second kappa shape index (κ2) is 9.90. The fraction of sp³-hybridized carbons (Fsp3) is 0.560. The van der Waals surface area contributed by atoms with E-state index in [1.807, 2.05) is 0 Å². The zero-order chi connectivity index (χ0) is 18.2. The number of rotatable bonds is 8. The van der Waals surface area contributed by atoms with Crippen LogP contribution in [-0.4, -0.2) is 4.98 Å². The van der Waals surface area contributed by atoms with Gasteiger partial charge in [-0.1, -0.05) is 76.3 Å². The lowest BCUT2D eigenvalue weighted by atomic mass is 9.78. The zero-order valence-corrected chi connectivity index (χ0v) is 16.7. The molecule has 0 amide bonds. The Morgan fingerprint density at radius 2 is 1.65 bits per heavy atom. The molecule has 1 heteroatoms. The summed E-state index contributed by atoms with van der Waals surface area (Å²) < 4.78 is 0. The third kappa shape index (κ3) is 5.43. The van der Waals surface area contributed by atoms with Gasteiger partial charge in [0.1, 0.15) is 0 Å². The van der Waals surface area contributed by atoms with Crippen molar-refractivity contribution < 1.29 is 0 Å². The van der Waals surface area contributed by atoms with Gasteiger partial charge in [-0.15, -0.1) is 0 Å². The van der Waals surface area contributed by atoms with Gasteiger partial charge in [-0.05, 0) is 61.1 Å². The highest BCUT2D eigenvalue weighted by atomic mass is 14.7. The molecule has 0 saturated heterocycles. The van der Waals surface area contributed by atoms with Crippen LogP contribution in [0.1, 0.15) is 76.3 Å². The highest BCUT2D eigenvalue weighted by Gasteiger charge is 2.20. The number of unbranched alkanes of at least 4 members (excludes halogenated alkanes) is 1. The lowest BCUT2D eigenvalue weighted by molar-refractivity contribution is 0.250. The summed E-state index contributed by atoms with van der Waals surface area (Å²) in [4.78, 5) is 4.74. The minimum atomic E-state index is 0.934. The average molecular weight is 350 g/mol. The van der Waals surface area contributed by atoms with Gasteiger partial charge in [0.05, 0.1) is 5.69 Å². The van der Waals surface area contributed by atoms with Crippen molar-refractivity contribution >= 4 is 0 Å². The molecule has 0 aliphatic heterocycles. The van der Waals surface area contributed by atoms with Crippen LogP contribution in [0.4, 0.5) is 0 Å². The van der Waals surface area contributed by atoms with Gasteiger partial charge in [0.25, 0.3) is 0 Å². The summed E-state index contributed by atoms with van der Waals surface area (Å²) in [5.74, 6) is 1.92. The van der Waals surface area contributed by atoms with Crippen molar-refractivity contribution in [2.24, 2.45) is 11.8 Å². The van der Waals surface area contributed by atoms with Gasteiger partial charge in [-0.3, -0.25) is 4.98 Å². The molecule has 1 fully saturated rings. The maximum absolute atomic E-state index is 4.74. The molecule has 1 aliphatic carbocycles. The van der Waals surface area contributed by atoms with Gasteiger partial charge in [0.2, 0.25) is 0 Å². The van der Waals surface area contributed by atoms with Crippen LogP contribution in [0.5, 0.6) is 0 Å². The Balaban J connectivity index is 1.53. The predicted molar refractivity (Wildman–Crippen MR) is 112 cm³/mol. The molecule has 1 saturated carbocycles. The summed E-state index contributed by atoms with van der Waals surface area (Å²) in [6, 6.07) is 13.4. The molecule has 2 unspecified atom stereocenters. The molecule has 3 rings (SSSR count). The highest BCUT2D eigenvalue weighted by molar-refractivity contribution is 5.59. The minimum Gasteiger partial charge on any atom is -0.256 e. The first-order valence-corrected chi connectivity index (χ1v) is 10.8. The minimum absolute atomic E-state index is 0.934. The number of nitrogens with zero attached hydrogens (tertiary/aromatic N) is 1. The van der Waals surface area contributed by atoms with E-state index in [4.69, 9.17) is 4.98 Å². The van der Waals surface area contributed by atoms with Crippen molar-refractivity contribution in [2.45, 2.75) is 78.1 Å². The van der Waals surface area contributed by atoms with Crippen molar-refractivity contribution in [2.75, 3.05) is 0 Å². The molecule has 0 N–H and O–H groups in total. The largest absolute Gasteiger partial charge is 0.256 e. The summed E-state index contributed by atoms with van der Waals surface area (Å²) in [5.41, 5.74) is 5.16. The van der Waals surface area contributed by atoms with Gasteiger partial charge in [-0.2, -0.15) is 0 Å². The van der Waals surface area contributed by atoms with E-state index in [9.17, 15) is 0 Å². The molecule has 140 valence electrons. The molecule has 0 bridgehead atoms. The summed E-state index contributed by atoms with van der Waals surface area (Å²) >= 11 is 0. The highest BCUT2D eigenvalue weighted by Crippen LogP contribution is 2.33. The topological polar surface area (TPSA) is 12.9 Å². The quantitative estimate of drug-likeness (QED) is 0.489. The Labute approximate surface area is 160 Å². The summed E-state index contributed by atoms with van der Waals surface area (Å²) in [6.07, 6.45) is 15.5. The third-order valence-corrected chi connectivity index (χ3v) is 6.20. The van der Waals surface area contributed by atoms with Crippen LogP contribution >= 0.6 is 0 Å². The predicted octanol–water partition coefficient (Wildman–Crippen LogP) is 7.24. The van der Waals surface area contributed by atoms with Crippen molar-refractivity contribution in [1.29, 1.82) is 0 Å². The summed E-state index contributed by atoms with van der Waals surface area (Å²) in [7, 11) is 0. The average Bonchev–Trinajstić information content (AvgIpc) is 2.72. The van der Waals surface area contributed by atoms with E-state index in [1.54, 1.807) is 0 Å². The molecular formula is C25H35N. The Morgan fingerprint density at radius 1 is 0.885 bits per heavy atom. The Kier molecular flexibility index (Phi) is 7.29. The summed E-state index contributed by atoms with van der Waals surface area (Å²) in [5, 5.41) is 0. The van der Waals surface area contributed by atoms with E-state index >= 15 is 0 Å². The van der Waals surface area contributed by atoms with Crippen molar-refractivity contribution in [3.05, 3.63) is 53.7 Å². The number of aromatic nitrogens is 1. The Hall–Kier alpha value is -1.63.